The van der Waals surface area contributed by atoms with E-state index in [2.05, 4.69) is 0 Å². The number of aliphatic hydroxyl groups is 1. The number of halogens is 5. The van der Waals surface area contributed by atoms with Crippen molar-refractivity contribution in [2.75, 3.05) is 0 Å². The van der Waals surface area contributed by atoms with Crippen molar-refractivity contribution in [2.45, 2.75) is 24.6 Å². The van der Waals surface area contributed by atoms with Gasteiger partial charge in [0.05, 0.1) is 6.42 Å². The Morgan fingerprint density at radius 2 is 1.40 bits per heavy atom. The SMILES string of the molecule is O=[PH+]C(O)(Cc1c(F)c(F)c(F)c(F)c1F)C(CCC(=O)O)C(=O)O. The summed E-state index contributed by atoms with van der Waals surface area (Å²) in [6.45, 7) is 0. The fraction of sp³-hybridized carbons (Fsp3) is 0.385. The molecule has 0 heterocycles. The van der Waals surface area contributed by atoms with E-state index in [1.807, 2.05) is 0 Å². The molecule has 1 aromatic rings. The number of hydrogen-bond donors (Lipinski definition) is 3. The Morgan fingerprint density at radius 3 is 1.76 bits per heavy atom. The minimum atomic E-state index is -2.94. The monoisotopic (exact) mass is 389 g/mol. The minimum absolute atomic E-state index is 0.786. The maximum absolute atomic E-state index is 13.7. The van der Waals surface area contributed by atoms with E-state index in [9.17, 15) is 41.2 Å². The Kier molecular flexibility index (Phi) is 6.55. The van der Waals surface area contributed by atoms with E-state index in [0.717, 1.165) is 0 Å². The van der Waals surface area contributed by atoms with Gasteiger partial charge in [0, 0.05) is 12.0 Å². The van der Waals surface area contributed by atoms with E-state index < -0.39 is 85.6 Å². The van der Waals surface area contributed by atoms with Crippen LogP contribution in [0.3, 0.4) is 0 Å². The van der Waals surface area contributed by atoms with Gasteiger partial charge in [0.2, 0.25) is 5.82 Å². The van der Waals surface area contributed by atoms with E-state index in [4.69, 9.17) is 10.2 Å². The predicted octanol–water partition coefficient (Wildman–Crippen LogP) is 2.20. The van der Waals surface area contributed by atoms with E-state index in [1.165, 1.54) is 0 Å². The van der Waals surface area contributed by atoms with E-state index in [1.54, 1.807) is 0 Å². The lowest BCUT2D eigenvalue weighted by Gasteiger charge is -2.22. The van der Waals surface area contributed by atoms with Crippen LogP contribution in [-0.4, -0.2) is 32.6 Å². The molecule has 0 radical (unpaired) electrons. The van der Waals surface area contributed by atoms with Crippen molar-refractivity contribution in [3.63, 3.8) is 0 Å². The molecule has 3 atom stereocenters. The molecule has 0 saturated heterocycles. The van der Waals surface area contributed by atoms with Gasteiger partial charge < -0.3 is 15.3 Å². The van der Waals surface area contributed by atoms with Crippen molar-refractivity contribution in [3.05, 3.63) is 34.6 Å². The molecule has 6 nitrogen and oxygen atoms in total. The molecule has 1 aromatic carbocycles. The summed E-state index contributed by atoms with van der Waals surface area (Å²) in [5, 5.41) is 24.8. The summed E-state index contributed by atoms with van der Waals surface area (Å²) >= 11 is 0. The molecular formula is C13H11F5O6P+. The summed E-state index contributed by atoms with van der Waals surface area (Å²) in [6.07, 6.45) is -3.08. The molecule has 3 N–H and O–H groups in total. The second-order valence-electron chi connectivity index (χ2n) is 5.07. The number of carbonyl (C=O) groups is 2. The standard InChI is InChI=1S/C13H10F5O6P/c14-7-4(8(15)10(17)11(18)9(7)16)3-13(23,25-24)5(12(21)22)1-2-6(19)20/h5,23H,1-3H2,(H,19,20)(H,21,22)/p+1. The summed E-state index contributed by atoms with van der Waals surface area (Å²) in [5.74, 6) is -17.1. The molecule has 138 valence electrons. The first-order valence-electron chi connectivity index (χ1n) is 6.52. The van der Waals surface area contributed by atoms with Gasteiger partial charge in [-0.1, -0.05) is 4.57 Å². The zero-order chi connectivity index (χ0) is 19.5. The first-order chi connectivity index (χ1) is 11.5. The average molecular weight is 389 g/mol. The molecule has 0 aliphatic carbocycles. The molecule has 0 aliphatic heterocycles. The minimum Gasteiger partial charge on any atom is -0.481 e. The van der Waals surface area contributed by atoms with Gasteiger partial charge in [-0.25, -0.2) is 22.0 Å². The van der Waals surface area contributed by atoms with Crippen LogP contribution >= 0.6 is 8.46 Å². The molecule has 0 amide bonds. The Morgan fingerprint density at radius 1 is 0.960 bits per heavy atom. The third kappa shape index (κ3) is 4.29. The highest BCUT2D eigenvalue weighted by molar-refractivity contribution is 7.25. The Hall–Kier alpha value is -2.13. The second kappa shape index (κ2) is 7.83. The maximum Gasteiger partial charge on any atom is 0.360 e. The lowest BCUT2D eigenvalue weighted by atomic mass is 9.90. The van der Waals surface area contributed by atoms with Gasteiger partial charge in [-0.15, -0.1) is 0 Å². The molecular weight excluding hydrogens is 378 g/mol. The van der Waals surface area contributed by atoms with Crippen LogP contribution in [0, 0.1) is 35.0 Å². The van der Waals surface area contributed by atoms with Gasteiger partial charge >= 0.3 is 20.4 Å². The lowest BCUT2D eigenvalue weighted by Crippen LogP contribution is -2.40. The van der Waals surface area contributed by atoms with Crippen LogP contribution in [0.15, 0.2) is 0 Å². The first kappa shape index (κ1) is 20.9. The van der Waals surface area contributed by atoms with Crippen molar-refractivity contribution in [1.29, 1.82) is 0 Å². The molecule has 0 bridgehead atoms. The summed E-state index contributed by atoms with van der Waals surface area (Å²) in [5.41, 5.74) is -1.55. The molecule has 0 aromatic heterocycles. The Labute approximate surface area is 138 Å². The third-order valence-corrected chi connectivity index (χ3v) is 4.32. The topological polar surface area (TPSA) is 112 Å². The van der Waals surface area contributed by atoms with Crippen molar-refractivity contribution in [1.82, 2.24) is 0 Å². The van der Waals surface area contributed by atoms with Gasteiger partial charge in [-0.3, -0.25) is 9.59 Å². The normalized spacial score (nSPS) is 15.0. The molecule has 0 saturated carbocycles. The van der Waals surface area contributed by atoms with Crippen LogP contribution in [0.1, 0.15) is 18.4 Å². The Bertz CT molecular complexity index is 698. The smallest absolute Gasteiger partial charge is 0.360 e. The van der Waals surface area contributed by atoms with E-state index in [-0.39, 0.29) is 0 Å². The van der Waals surface area contributed by atoms with E-state index >= 15 is 0 Å². The van der Waals surface area contributed by atoms with Gasteiger partial charge in [-0.05, 0) is 6.42 Å². The Balaban J connectivity index is 3.38. The molecule has 0 fully saturated rings. The zero-order valence-corrected chi connectivity index (χ0v) is 13.2. The van der Waals surface area contributed by atoms with Crippen LogP contribution in [0.2, 0.25) is 0 Å². The van der Waals surface area contributed by atoms with Gasteiger partial charge in [0.15, 0.2) is 23.3 Å². The molecule has 1 rings (SSSR count). The van der Waals surface area contributed by atoms with Crippen LogP contribution in [0.25, 0.3) is 0 Å². The maximum atomic E-state index is 13.7. The van der Waals surface area contributed by atoms with Gasteiger partial charge in [-0.2, -0.15) is 0 Å². The highest BCUT2D eigenvalue weighted by Gasteiger charge is 2.51. The molecule has 0 aliphatic rings. The van der Waals surface area contributed by atoms with Crippen LogP contribution < -0.4 is 0 Å². The van der Waals surface area contributed by atoms with Gasteiger partial charge in [0.25, 0.3) is 5.34 Å². The van der Waals surface area contributed by atoms with Gasteiger partial charge in [0.1, 0.15) is 5.92 Å². The second-order valence-corrected chi connectivity index (χ2v) is 6.14. The van der Waals surface area contributed by atoms with Crippen molar-refractivity contribution >= 4 is 20.4 Å². The molecule has 25 heavy (non-hydrogen) atoms. The predicted molar refractivity (Wildman–Crippen MR) is 71.9 cm³/mol. The largest absolute Gasteiger partial charge is 0.481 e. The summed E-state index contributed by atoms with van der Waals surface area (Å²) in [7, 11) is -1.95. The quantitative estimate of drug-likeness (QED) is 0.272. The van der Waals surface area contributed by atoms with Crippen LogP contribution in [0.5, 0.6) is 0 Å². The fourth-order valence-electron chi connectivity index (χ4n) is 2.14. The highest BCUT2D eigenvalue weighted by atomic mass is 31.1. The molecule has 0 spiro atoms. The zero-order valence-electron chi connectivity index (χ0n) is 12.2. The lowest BCUT2D eigenvalue weighted by molar-refractivity contribution is -0.148. The summed E-state index contributed by atoms with van der Waals surface area (Å²) < 4.78 is 78.0. The molecule has 3 unspecified atom stereocenters. The average Bonchev–Trinajstić information content (AvgIpc) is 2.54. The van der Waals surface area contributed by atoms with Crippen molar-refractivity contribution < 1.29 is 51.4 Å². The number of aliphatic carboxylic acids is 2. The fourth-order valence-corrected chi connectivity index (χ4v) is 2.80. The van der Waals surface area contributed by atoms with Crippen LogP contribution in [-0.2, 0) is 20.6 Å². The summed E-state index contributed by atoms with van der Waals surface area (Å²) in [4.78, 5) is 21.7. The van der Waals surface area contributed by atoms with Crippen molar-refractivity contribution in [2.24, 2.45) is 5.92 Å². The summed E-state index contributed by atoms with van der Waals surface area (Å²) in [6, 6.07) is 0. The number of carboxylic acid groups (broad SMARTS) is 2. The number of rotatable bonds is 8. The molecule has 12 heteroatoms. The van der Waals surface area contributed by atoms with Crippen LogP contribution in [0.4, 0.5) is 22.0 Å². The van der Waals surface area contributed by atoms with E-state index in [0.29, 0.717) is 0 Å². The number of benzene rings is 1. The third-order valence-electron chi connectivity index (χ3n) is 3.45. The number of hydrogen-bond acceptors (Lipinski definition) is 4. The first-order valence-corrected chi connectivity index (χ1v) is 7.43. The highest BCUT2D eigenvalue weighted by Crippen LogP contribution is 2.38. The number of carboxylic acids is 2. The van der Waals surface area contributed by atoms with Crippen molar-refractivity contribution in [3.8, 4) is 0 Å².